The molecule has 0 spiro atoms. The first-order chi connectivity index (χ1) is 31.8. The number of para-hydroxylation sites is 1. The number of aromatic nitrogens is 1. The summed E-state index contributed by atoms with van der Waals surface area (Å²) in [6.07, 6.45) is 13.8. The Balaban J connectivity index is 1.01. The molecule has 2 fully saturated rings. The molecule has 2 aliphatic carbocycles. The number of esters is 3. The van der Waals surface area contributed by atoms with Gasteiger partial charge in [-0.2, -0.15) is 5.10 Å². The lowest BCUT2D eigenvalue weighted by Crippen LogP contribution is -2.30. The first-order valence-electron chi connectivity index (χ1n) is 23.1. The third-order valence-electron chi connectivity index (χ3n) is 11.9. The Morgan fingerprint density at radius 3 is 2.20 bits per heavy atom. The molecule has 2 saturated carbocycles. The molecule has 13 nitrogen and oxygen atoms in total. The van der Waals surface area contributed by atoms with Crippen molar-refractivity contribution in [1.29, 1.82) is 0 Å². The SMILES string of the molecule is [C-]#[N+]CCCCN(/N=C/c1cc(C2CCC(CCC)CC2)ccc1OC(=O)C1CCC(C(=O)Oc2ccc(OCCOCCOCCOC(=O)C=C)cc2)CC1)c1nc2ccccc2s1. The second-order valence-corrected chi connectivity index (χ2v) is 17.5. The van der Waals surface area contributed by atoms with Gasteiger partial charge in [0, 0.05) is 24.6 Å². The standard InChI is InChI=1S/C51H62N4O9S/c1-4-10-37-13-15-38(16-14-37)41-21-26-46(42(35-41)36-53-55(28-9-8-27-52-3)51-54-45-11-6-7-12-47(45)65-51)64-50(58)40-19-17-39(18-20-40)49(57)63-44-24-22-43(23-25-44)61-33-31-59-29-30-60-32-34-62-48(56)5-2/h5-7,11-12,21-26,35-40H,2,4,8-10,13-20,27-34H2,1H3/b53-36+. The quantitative estimate of drug-likeness (QED) is 0.0119. The summed E-state index contributed by atoms with van der Waals surface area (Å²) < 4.78 is 34.4. The molecule has 2 aliphatic rings. The van der Waals surface area contributed by atoms with Crippen molar-refractivity contribution in [3.8, 4) is 17.2 Å². The number of hydrazone groups is 1. The number of rotatable bonds is 25. The maximum atomic E-state index is 13.8. The zero-order valence-corrected chi connectivity index (χ0v) is 38.4. The number of anilines is 1. The van der Waals surface area contributed by atoms with Crippen LogP contribution in [0.5, 0.6) is 17.2 Å². The normalized spacial score (nSPS) is 18.5. The lowest BCUT2D eigenvalue weighted by molar-refractivity contribution is -0.145. The molecule has 14 heteroatoms. The number of carbonyl (C=O) groups is 3. The van der Waals surface area contributed by atoms with Gasteiger partial charge in [0.1, 0.15) is 30.5 Å². The molecule has 6 rings (SSSR count). The predicted octanol–water partition coefficient (Wildman–Crippen LogP) is 10.4. The van der Waals surface area contributed by atoms with Crippen LogP contribution in [0, 0.1) is 24.3 Å². The number of hydrogen-bond donors (Lipinski definition) is 0. The molecule has 4 aromatic rings. The lowest BCUT2D eigenvalue weighted by Gasteiger charge is -2.29. The van der Waals surface area contributed by atoms with Crippen molar-refractivity contribution in [3.05, 3.63) is 102 Å². The zero-order chi connectivity index (χ0) is 45.6. The summed E-state index contributed by atoms with van der Waals surface area (Å²) >= 11 is 1.58. The Labute approximate surface area is 386 Å². The highest BCUT2D eigenvalue weighted by molar-refractivity contribution is 7.22. The van der Waals surface area contributed by atoms with Crippen molar-refractivity contribution in [3.63, 3.8) is 0 Å². The van der Waals surface area contributed by atoms with E-state index in [0.29, 0.717) is 88.4 Å². The van der Waals surface area contributed by atoms with Gasteiger partial charge in [-0.1, -0.05) is 55.9 Å². The van der Waals surface area contributed by atoms with Crippen molar-refractivity contribution in [2.75, 3.05) is 57.7 Å². The number of hydrogen-bond acceptors (Lipinski definition) is 13. The average Bonchev–Trinajstić information content (AvgIpc) is 3.77. The smallest absolute Gasteiger partial charge is 0.330 e. The van der Waals surface area contributed by atoms with Gasteiger partial charge in [0.25, 0.3) is 0 Å². The molecule has 0 N–H and O–H groups in total. The fourth-order valence-corrected chi connectivity index (χ4v) is 9.27. The zero-order valence-electron chi connectivity index (χ0n) is 37.5. The molecule has 0 unspecified atom stereocenters. The van der Waals surface area contributed by atoms with Gasteiger partial charge in [-0.25, -0.2) is 21.4 Å². The number of unbranched alkanes of at least 4 members (excludes halogenated alkanes) is 1. The van der Waals surface area contributed by atoms with Crippen LogP contribution in [-0.4, -0.2) is 81.8 Å². The molecule has 0 atom stereocenters. The number of nitrogens with zero attached hydrogens (tertiary/aromatic N) is 4. The van der Waals surface area contributed by atoms with Crippen molar-refractivity contribution in [2.24, 2.45) is 22.9 Å². The van der Waals surface area contributed by atoms with E-state index < -0.39 is 5.97 Å². The van der Waals surface area contributed by atoms with Crippen molar-refractivity contribution in [1.82, 2.24) is 4.98 Å². The highest BCUT2D eigenvalue weighted by atomic mass is 32.1. The van der Waals surface area contributed by atoms with Crippen molar-refractivity contribution < 1.29 is 42.8 Å². The number of ether oxygens (including phenoxy) is 6. The molecule has 0 amide bonds. The number of benzene rings is 3. The van der Waals surface area contributed by atoms with Crippen LogP contribution in [0.2, 0.25) is 0 Å². The highest BCUT2D eigenvalue weighted by Gasteiger charge is 2.33. The Hall–Kier alpha value is -5.62. The van der Waals surface area contributed by atoms with E-state index >= 15 is 0 Å². The minimum atomic E-state index is -0.483. The summed E-state index contributed by atoms with van der Waals surface area (Å²) in [5.41, 5.74) is 2.89. The van der Waals surface area contributed by atoms with Crippen LogP contribution in [0.4, 0.5) is 5.13 Å². The van der Waals surface area contributed by atoms with E-state index in [4.69, 9.17) is 45.1 Å². The van der Waals surface area contributed by atoms with E-state index in [1.807, 2.05) is 29.3 Å². The molecule has 1 heterocycles. The molecule has 0 bridgehead atoms. The molecule has 1 aromatic heterocycles. The molecule has 0 saturated heterocycles. The monoisotopic (exact) mass is 906 g/mol. The largest absolute Gasteiger partial charge is 0.491 e. The van der Waals surface area contributed by atoms with Crippen LogP contribution in [-0.2, 0) is 28.6 Å². The second kappa shape index (κ2) is 26.4. The van der Waals surface area contributed by atoms with Crippen molar-refractivity contribution in [2.45, 2.75) is 89.9 Å². The second-order valence-electron chi connectivity index (χ2n) is 16.5. The van der Waals surface area contributed by atoms with Crippen LogP contribution in [0.1, 0.15) is 101 Å². The minimum absolute atomic E-state index is 0.160. The van der Waals surface area contributed by atoms with Gasteiger partial charge in [-0.15, -0.1) is 0 Å². The summed E-state index contributed by atoms with van der Waals surface area (Å²) in [7, 11) is 0. The van der Waals surface area contributed by atoms with E-state index in [9.17, 15) is 14.4 Å². The van der Waals surface area contributed by atoms with Gasteiger partial charge in [0.2, 0.25) is 11.7 Å². The first kappa shape index (κ1) is 48.8. The summed E-state index contributed by atoms with van der Waals surface area (Å²) in [5.74, 6) is 0.960. The Morgan fingerprint density at radius 2 is 1.51 bits per heavy atom. The van der Waals surface area contributed by atoms with E-state index in [-0.39, 0.29) is 37.0 Å². The van der Waals surface area contributed by atoms with Crippen LogP contribution in [0.25, 0.3) is 15.1 Å². The fourth-order valence-electron chi connectivity index (χ4n) is 8.33. The highest BCUT2D eigenvalue weighted by Crippen LogP contribution is 2.39. The Morgan fingerprint density at radius 1 is 0.831 bits per heavy atom. The minimum Gasteiger partial charge on any atom is -0.491 e. The Bertz CT molecular complexity index is 2170. The summed E-state index contributed by atoms with van der Waals surface area (Å²) in [6, 6.07) is 21.1. The van der Waals surface area contributed by atoms with Gasteiger partial charge in [-0.3, -0.25) is 9.59 Å². The van der Waals surface area contributed by atoms with Gasteiger partial charge in [0.15, 0.2) is 0 Å². The lowest BCUT2D eigenvalue weighted by atomic mass is 9.77. The Kier molecular flexibility index (Phi) is 19.8. The number of thiazole rings is 1. The van der Waals surface area contributed by atoms with Gasteiger partial charge < -0.3 is 33.3 Å². The third-order valence-corrected chi connectivity index (χ3v) is 13.0. The van der Waals surface area contributed by atoms with E-state index in [2.05, 4.69) is 36.5 Å². The fraction of sp³-hybridized carbons (Fsp3) is 0.490. The topological polar surface area (TPSA) is 139 Å². The first-order valence-corrected chi connectivity index (χ1v) is 23.9. The van der Waals surface area contributed by atoms with Crippen LogP contribution in [0.3, 0.4) is 0 Å². The van der Waals surface area contributed by atoms with Gasteiger partial charge in [-0.05, 0) is 124 Å². The van der Waals surface area contributed by atoms with E-state index in [1.165, 1.54) is 31.2 Å². The van der Waals surface area contributed by atoms with Gasteiger partial charge >= 0.3 is 17.9 Å². The molecule has 0 aliphatic heterocycles. The van der Waals surface area contributed by atoms with Crippen molar-refractivity contribution >= 4 is 50.8 Å². The molecular weight excluding hydrogens is 845 g/mol. The molecular formula is C51H62N4O9S. The number of fused-ring (bicyclic) bond motifs is 1. The summed E-state index contributed by atoms with van der Waals surface area (Å²) in [5, 5.41) is 7.65. The summed E-state index contributed by atoms with van der Waals surface area (Å²) in [6.45, 7) is 15.8. The number of carbonyl (C=O) groups excluding carboxylic acids is 3. The van der Waals surface area contributed by atoms with Crippen LogP contribution < -0.4 is 19.2 Å². The molecule has 346 valence electrons. The maximum absolute atomic E-state index is 13.8. The van der Waals surface area contributed by atoms with Crippen LogP contribution >= 0.6 is 11.3 Å². The maximum Gasteiger partial charge on any atom is 0.330 e. The van der Waals surface area contributed by atoms with E-state index in [1.54, 1.807) is 41.8 Å². The summed E-state index contributed by atoms with van der Waals surface area (Å²) in [4.78, 5) is 46.4. The average molecular weight is 907 g/mol. The molecule has 0 radical (unpaired) electrons. The predicted molar refractivity (Wildman–Crippen MR) is 253 cm³/mol. The third kappa shape index (κ3) is 15.5. The van der Waals surface area contributed by atoms with Gasteiger partial charge in [0.05, 0.1) is 54.7 Å². The molecule has 3 aromatic carbocycles. The van der Waals surface area contributed by atoms with Crippen LogP contribution in [0.15, 0.2) is 84.5 Å². The van der Waals surface area contributed by atoms with E-state index in [0.717, 1.165) is 58.6 Å². The molecule has 65 heavy (non-hydrogen) atoms.